The van der Waals surface area contributed by atoms with E-state index in [1.165, 1.54) is 0 Å². The summed E-state index contributed by atoms with van der Waals surface area (Å²) < 4.78 is 10.2. The molecule has 0 atom stereocenters. The number of hydrogen-bond donors (Lipinski definition) is 2. The van der Waals surface area contributed by atoms with Gasteiger partial charge in [-0.1, -0.05) is 11.2 Å². The van der Waals surface area contributed by atoms with Gasteiger partial charge in [0, 0.05) is 37.0 Å². The summed E-state index contributed by atoms with van der Waals surface area (Å²) in [6.07, 6.45) is 1.99. The number of nitrogens with one attached hydrogen (secondary N) is 2. The lowest BCUT2D eigenvalue weighted by Gasteiger charge is -2.32. The highest BCUT2D eigenvalue weighted by atomic mass is 16.5. The number of hydrogen-bond acceptors (Lipinski definition) is 6. The highest BCUT2D eigenvalue weighted by Crippen LogP contribution is 2.20. The monoisotopic (exact) mass is 344 g/mol. The van der Waals surface area contributed by atoms with Gasteiger partial charge in [0.1, 0.15) is 11.5 Å². The number of aromatic nitrogens is 1. The highest BCUT2D eigenvalue weighted by molar-refractivity contribution is 5.91. The van der Waals surface area contributed by atoms with E-state index < -0.39 is 0 Å². The second kappa shape index (κ2) is 8.02. The number of ether oxygens (including phenoxy) is 1. The zero-order valence-electron chi connectivity index (χ0n) is 14.6. The molecule has 1 saturated heterocycles. The van der Waals surface area contributed by atoms with Gasteiger partial charge in [0.05, 0.1) is 13.7 Å². The highest BCUT2D eigenvalue weighted by Gasteiger charge is 2.21. The van der Waals surface area contributed by atoms with Crippen molar-refractivity contribution in [1.82, 2.24) is 10.1 Å². The van der Waals surface area contributed by atoms with E-state index in [4.69, 9.17) is 9.26 Å². The number of rotatable bonds is 6. The Morgan fingerprint density at radius 2 is 2.16 bits per heavy atom. The number of methoxy groups -OCH3 is 1. The molecule has 1 aromatic heterocycles. The number of carbonyl (C=O) groups excluding carboxylic acids is 1. The first kappa shape index (κ1) is 17.3. The Hall–Kier alpha value is -2.54. The maximum Gasteiger partial charge on any atom is 0.239 e. The second-order valence-corrected chi connectivity index (χ2v) is 6.30. The van der Waals surface area contributed by atoms with E-state index in [1.54, 1.807) is 20.1 Å². The minimum Gasteiger partial charge on any atom is -0.497 e. The number of anilines is 2. The smallest absolute Gasteiger partial charge is 0.239 e. The summed E-state index contributed by atoms with van der Waals surface area (Å²) in [4.78, 5) is 14.2. The number of likely N-dealkylation sites (tertiary alicyclic amines) is 1. The molecule has 1 aliphatic heterocycles. The molecule has 134 valence electrons. The molecule has 0 saturated carbocycles. The number of nitrogens with zero attached hydrogens (tertiary/aromatic N) is 2. The van der Waals surface area contributed by atoms with Crippen molar-refractivity contribution in [2.75, 3.05) is 37.4 Å². The molecule has 0 radical (unpaired) electrons. The lowest BCUT2D eigenvalue weighted by atomic mass is 10.0. The van der Waals surface area contributed by atoms with Crippen LogP contribution in [0.5, 0.6) is 5.75 Å². The predicted molar refractivity (Wildman–Crippen MR) is 95.9 cm³/mol. The quantitative estimate of drug-likeness (QED) is 0.838. The molecular weight excluding hydrogens is 320 g/mol. The van der Waals surface area contributed by atoms with Crippen LogP contribution >= 0.6 is 0 Å². The second-order valence-electron chi connectivity index (χ2n) is 6.30. The molecular formula is C18H24N4O3. The maximum atomic E-state index is 12.1. The van der Waals surface area contributed by atoms with Crippen molar-refractivity contribution in [3.63, 3.8) is 0 Å². The van der Waals surface area contributed by atoms with Gasteiger partial charge in [0.2, 0.25) is 5.91 Å². The molecule has 0 bridgehead atoms. The van der Waals surface area contributed by atoms with Crippen molar-refractivity contribution < 1.29 is 14.1 Å². The normalized spacial score (nSPS) is 15.8. The summed E-state index contributed by atoms with van der Waals surface area (Å²) >= 11 is 0. The average molecular weight is 344 g/mol. The third kappa shape index (κ3) is 4.96. The van der Waals surface area contributed by atoms with Crippen molar-refractivity contribution in [3.8, 4) is 5.75 Å². The van der Waals surface area contributed by atoms with Crippen molar-refractivity contribution >= 4 is 17.4 Å². The third-order valence-electron chi connectivity index (χ3n) is 4.29. The molecule has 0 spiro atoms. The molecule has 0 unspecified atom stereocenters. The van der Waals surface area contributed by atoms with Gasteiger partial charge >= 0.3 is 0 Å². The van der Waals surface area contributed by atoms with Gasteiger partial charge in [-0.15, -0.1) is 0 Å². The van der Waals surface area contributed by atoms with Crippen molar-refractivity contribution in [2.24, 2.45) is 0 Å². The van der Waals surface area contributed by atoms with Crippen LogP contribution in [-0.2, 0) is 4.79 Å². The van der Waals surface area contributed by atoms with Gasteiger partial charge < -0.3 is 19.9 Å². The molecule has 1 aromatic carbocycles. The van der Waals surface area contributed by atoms with Gasteiger partial charge in [0.15, 0.2) is 5.82 Å². The van der Waals surface area contributed by atoms with Crippen LogP contribution in [0.2, 0.25) is 0 Å². The third-order valence-corrected chi connectivity index (χ3v) is 4.29. The maximum absolute atomic E-state index is 12.1. The Bertz CT molecular complexity index is 708. The summed E-state index contributed by atoms with van der Waals surface area (Å²) in [6, 6.07) is 10.1. The lowest BCUT2D eigenvalue weighted by Crippen LogP contribution is -2.42. The first-order valence-corrected chi connectivity index (χ1v) is 8.48. The Morgan fingerprint density at radius 1 is 1.36 bits per heavy atom. The molecule has 1 amide bonds. The summed E-state index contributed by atoms with van der Waals surface area (Å²) in [5.74, 6) is 1.94. The van der Waals surface area contributed by atoms with E-state index in [0.29, 0.717) is 24.2 Å². The van der Waals surface area contributed by atoms with Crippen LogP contribution in [0.25, 0.3) is 0 Å². The fourth-order valence-electron chi connectivity index (χ4n) is 2.99. The van der Waals surface area contributed by atoms with E-state index in [9.17, 15) is 4.79 Å². The van der Waals surface area contributed by atoms with Crippen molar-refractivity contribution in [2.45, 2.75) is 25.8 Å². The van der Waals surface area contributed by atoms with Gasteiger partial charge in [0.25, 0.3) is 0 Å². The number of carbonyl (C=O) groups is 1. The molecule has 0 aliphatic carbocycles. The number of aryl methyl sites for hydroxylation is 1. The molecule has 2 aromatic rings. The predicted octanol–water partition coefficient (Wildman–Crippen LogP) is 2.51. The van der Waals surface area contributed by atoms with E-state index >= 15 is 0 Å². The van der Waals surface area contributed by atoms with Gasteiger partial charge in [-0.25, -0.2) is 0 Å². The van der Waals surface area contributed by atoms with Crippen LogP contribution in [0, 0.1) is 6.92 Å². The van der Waals surface area contributed by atoms with Crippen LogP contribution in [0.4, 0.5) is 11.5 Å². The average Bonchev–Trinajstić information content (AvgIpc) is 3.01. The van der Waals surface area contributed by atoms with Crippen molar-refractivity contribution in [1.29, 1.82) is 0 Å². The van der Waals surface area contributed by atoms with E-state index in [2.05, 4.69) is 20.7 Å². The summed E-state index contributed by atoms with van der Waals surface area (Å²) in [5.41, 5.74) is 1.07. The van der Waals surface area contributed by atoms with Gasteiger partial charge in [-0.2, -0.15) is 0 Å². The number of piperidine rings is 1. The van der Waals surface area contributed by atoms with Crippen LogP contribution in [0.15, 0.2) is 34.9 Å². The first-order valence-electron chi connectivity index (χ1n) is 8.48. The van der Waals surface area contributed by atoms with Crippen molar-refractivity contribution in [3.05, 3.63) is 36.1 Å². The Labute approximate surface area is 147 Å². The molecule has 3 rings (SSSR count). The van der Waals surface area contributed by atoms with E-state index in [0.717, 1.165) is 37.4 Å². The molecule has 1 aliphatic rings. The van der Waals surface area contributed by atoms with Crippen LogP contribution in [0.1, 0.15) is 18.6 Å². The van der Waals surface area contributed by atoms with Gasteiger partial charge in [-0.3, -0.25) is 9.69 Å². The Morgan fingerprint density at radius 3 is 2.84 bits per heavy atom. The number of benzene rings is 1. The molecule has 7 nitrogen and oxygen atoms in total. The molecule has 1 fully saturated rings. The zero-order chi connectivity index (χ0) is 17.6. The summed E-state index contributed by atoms with van der Waals surface area (Å²) in [7, 11) is 1.67. The Kier molecular flexibility index (Phi) is 5.55. The zero-order valence-corrected chi connectivity index (χ0v) is 14.6. The molecule has 2 heterocycles. The van der Waals surface area contributed by atoms with Crippen LogP contribution < -0.4 is 15.4 Å². The minimum atomic E-state index is -0.0625. The largest absolute Gasteiger partial charge is 0.497 e. The fraction of sp³-hybridized carbons (Fsp3) is 0.444. The van der Waals surface area contributed by atoms with Crippen LogP contribution in [0.3, 0.4) is 0 Å². The van der Waals surface area contributed by atoms with Crippen LogP contribution in [-0.4, -0.2) is 48.7 Å². The molecule has 25 heavy (non-hydrogen) atoms. The minimum absolute atomic E-state index is 0.0625. The van der Waals surface area contributed by atoms with Gasteiger partial charge in [-0.05, 0) is 31.9 Å². The lowest BCUT2D eigenvalue weighted by molar-refractivity contribution is -0.117. The Balaban J connectivity index is 1.42. The summed E-state index contributed by atoms with van der Waals surface area (Å²) in [6.45, 7) is 3.93. The number of amides is 1. The van der Waals surface area contributed by atoms with E-state index in [1.807, 2.05) is 24.3 Å². The van der Waals surface area contributed by atoms with E-state index in [-0.39, 0.29) is 5.91 Å². The SMILES string of the molecule is COc1cccc(NC2CCN(CC(=O)Nc3cc(C)on3)CC2)c1. The standard InChI is InChI=1S/C18H24N4O3/c1-13-10-17(21-25-13)20-18(23)12-22-8-6-14(7-9-22)19-15-4-3-5-16(11-15)24-2/h3-5,10-11,14,19H,6-9,12H2,1-2H3,(H,20,21,23). The fourth-order valence-corrected chi connectivity index (χ4v) is 2.99. The first-order chi connectivity index (χ1) is 12.1. The topological polar surface area (TPSA) is 79.6 Å². The molecule has 2 N–H and O–H groups in total. The molecule has 7 heteroatoms. The summed E-state index contributed by atoms with van der Waals surface area (Å²) in [5, 5.41) is 10.1.